The van der Waals surface area contributed by atoms with Gasteiger partial charge in [0.05, 0.1) is 18.1 Å². The second kappa shape index (κ2) is 6.09. The first kappa shape index (κ1) is 13.8. The predicted octanol–water partition coefficient (Wildman–Crippen LogP) is 2.87. The SMILES string of the molecule is CCCNc1nc(N(C)Cc2cccs2)c2cn[nH]c2n1. The van der Waals surface area contributed by atoms with E-state index in [1.54, 1.807) is 17.5 Å². The van der Waals surface area contributed by atoms with Gasteiger partial charge >= 0.3 is 0 Å². The lowest BCUT2D eigenvalue weighted by Crippen LogP contribution is -2.18. The van der Waals surface area contributed by atoms with E-state index in [9.17, 15) is 0 Å². The number of aromatic nitrogens is 4. The lowest BCUT2D eigenvalue weighted by molar-refractivity contribution is 0.905. The summed E-state index contributed by atoms with van der Waals surface area (Å²) in [5, 5.41) is 13.3. The van der Waals surface area contributed by atoms with E-state index in [-0.39, 0.29) is 0 Å². The molecule has 0 spiro atoms. The van der Waals surface area contributed by atoms with Crippen LogP contribution in [0.1, 0.15) is 18.2 Å². The quantitative estimate of drug-likeness (QED) is 0.732. The van der Waals surface area contributed by atoms with Crippen LogP contribution < -0.4 is 10.2 Å². The van der Waals surface area contributed by atoms with E-state index in [0.29, 0.717) is 5.95 Å². The molecule has 3 rings (SSSR count). The summed E-state index contributed by atoms with van der Waals surface area (Å²) in [7, 11) is 2.04. The van der Waals surface area contributed by atoms with Gasteiger partial charge in [-0.2, -0.15) is 15.1 Å². The van der Waals surface area contributed by atoms with Gasteiger partial charge in [-0.25, -0.2) is 0 Å². The number of aromatic amines is 1. The molecule has 0 amide bonds. The molecular formula is C14H18N6S. The third-order valence-corrected chi connectivity index (χ3v) is 4.02. The van der Waals surface area contributed by atoms with Crippen molar-refractivity contribution in [3.05, 3.63) is 28.6 Å². The molecule has 0 aliphatic rings. The summed E-state index contributed by atoms with van der Waals surface area (Å²) in [4.78, 5) is 12.5. The summed E-state index contributed by atoms with van der Waals surface area (Å²) in [6, 6.07) is 4.20. The fourth-order valence-corrected chi connectivity index (χ4v) is 2.89. The maximum atomic E-state index is 4.64. The van der Waals surface area contributed by atoms with Gasteiger partial charge in [-0.1, -0.05) is 13.0 Å². The predicted molar refractivity (Wildman–Crippen MR) is 86.9 cm³/mol. The molecule has 2 N–H and O–H groups in total. The second-order valence-electron chi connectivity index (χ2n) is 4.87. The molecule has 0 radical (unpaired) electrons. The molecule has 110 valence electrons. The van der Waals surface area contributed by atoms with Crippen LogP contribution in [0.25, 0.3) is 11.0 Å². The number of nitrogens with zero attached hydrogens (tertiary/aromatic N) is 4. The summed E-state index contributed by atoms with van der Waals surface area (Å²) in [6.45, 7) is 3.79. The van der Waals surface area contributed by atoms with Gasteiger partial charge in [0, 0.05) is 18.5 Å². The minimum absolute atomic E-state index is 0.640. The minimum Gasteiger partial charge on any atom is -0.354 e. The Morgan fingerprint density at radius 2 is 2.29 bits per heavy atom. The molecule has 0 saturated carbocycles. The van der Waals surface area contributed by atoms with Gasteiger partial charge in [-0.15, -0.1) is 11.3 Å². The molecule has 0 aliphatic heterocycles. The van der Waals surface area contributed by atoms with Crippen LogP contribution >= 0.6 is 11.3 Å². The van der Waals surface area contributed by atoms with Gasteiger partial charge in [-0.05, 0) is 17.9 Å². The van der Waals surface area contributed by atoms with Crippen LogP contribution in [-0.4, -0.2) is 33.8 Å². The number of fused-ring (bicyclic) bond motifs is 1. The Kier molecular flexibility index (Phi) is 4.01. The van der Waals surface area contributed by atoms with Gasteiger partial charge in [0.1, 0.15) is 5.82 Å². The number of hydrogen-bond acceptors (Lipinski definition) is 6. The molecule has 0 bridgehead atoms. The van der Waals surface area contributed by atoms with E-state index in [0.717, 1.165) is 36.4 Å². The number of H-pyrrole nitrogens is 1. The average molecular weight is 302 g/mol. The van der Waals surface area contributed by atoms with Crippen molar-refractivity contribution in [1.29, 1.82) is 0 Å². The van der Waals surface area contributed by atoms with Gasteiger partial charge in [0.2, 0.25) is 5.95 Å². The zero-order valence-corrected chi connectivity index (χ0v) is 12.9. The molecule has 0 atom stereocenters. The van der Waals surface area contributed by atoms with Crippen molar-refractivity contribution < 1.29 is 0 Å². The third kappa shape index (κ3) is 2.97. The summed E-state index contributed by atoms with van der Waals surface area (Å²) >= 11 is 1.75. The van der Waals surface area contributed by atoms with Crippen molar-refractivity contribution in [2.24, 2.45) is 0 Å². The van der Waals surface area contributed by atoms with Gasteiger partial charge in [0.25, 0.3) is 0 Å². The topological polar surface area (TPSA) is 69.7 Å². The Bertz CT molecular complexity index is 705. The van der Waals surface area contributed by atoms with Crippen molar-refractivity contribution >= 4 is 34.1 Å². The van der Waals surface area contributed by atoms with E-state index < -0.39 is 0 Å². The summed E-state index contributed by atoms with van der Waals surface area (Å²) in [6.07, 6.45) is 2.81. The molecule has 3 heterocycles. The first-order chi connectivity index (χ1) is 10.3. The van der Waals surface area contributed by atoms with Gasteiger partial charge in [0.15, 0.2) is 5.65 Å². The average Bonchev–Trinajstić information content (AvgIpc) is 3.14. The first-order valence-electron chi connectivity index (χ1n) is 6.96. The normalized spacial score (nSPS) is 11.0. The molecule has 0 fully saturated rings. The molecule has 6 nitrogen and oxygen atoms in total. The van der Waals surface area contributed by atoms with Crippen molar-refractivity contribution in [3.63, 3.8) is 0 Å². The molecular weight excluding hydrogens is 284 g/mol. The van der Waals surface area contributed by atoms with E-state index in [2.05, 4.69) is 54.8 Å². The van der Waals surface area contributed by atoms with Gasteiger partial charge in [-0.3, -0.25) is 5.10 Å². The minimum atomic E-state index is 0.640. The standard InChI is InChI=1S/C14H18N6S/c1-3-6-15-14-17-12-11(8-16-19-12)13(18-14)20(2)9-10-5-4-7-21-10/h4-5,7-8H,3,6,9H2,1-2H3,(H2,15,16,17,18,19). The fraction of sp³-hybridized carbons (Fsp3) is 0.357. The third-order valence-electron chi connectivity index (χ3n) is 3.16. The highest BCUT2D eigenvalue weighted by Gasteiger charge is 2.13. The Morgan fingerprint density at radius 3 is 3.05 bits per heavy atom. The monoisotopic (exact) mass is 302 g/mol. The van der Waals surface area contributed by atoms with Crippen LogP contribution in [0.15, 0.2) is 23.7 Å². The van der Waals surface area contributed by atoms with E-state index in [1.807, 2.05) is 7.05 Å². The first-order valence-corrected chi connectivity index (χ1v) is 7.84. The fourth-order valence-electron chi connectivity index (χ4n) is 2.14. The van der Waals surface area contributed by atoms with Crippen molar-refractivity contribution in [2.45, 2.75) is 19.9 Å². The molecule has 3 aromatic heterocycles. The molecule has 0 saturated heterocycles. The number of hydrogen-bond donors (Lipinski definition) is 2. The van der Waals surface area contributed by atoms with Gasteiger partial charge < -0.3 is 10.2 Å². The zero-order chi connectivity index (χ0) is 14.7. The maximum absolute atomic E-state index is 4.64. The summed E-state index contributed by atoms with van der Waals surface area (Å²) in [5.74, 6) is 1.53. The maximum Gasteiger partial charge on any atom is 0.226 e. The molecule has 3 aromatic rings. The van der Waals surface area contributed by atoms with Crippen molar-refractivity contribution in [1.82, 2.24) is 20.2 Å². The van der Waals surface area contributed by atoms with Crippen LogP contribution in [0.3, 0.4) is 0 Å². The van der Waals surface area contributed by atoms with Crippen LogP contribution in [0.4, 0.5) is 11.8 Å². The van der Waals surface area contributed by atoms with Crippen LogP contribution in [0.2, 0.25) is 0 Å². The van der Waals surface area contributed by atoms with E-state index in [1.165, 1.54) is 4.88 Å². The molecule has 21 heavy (non-hydrogen) atoms. The smallest absolute Gasteiger partial charge is 0.226 e. The highest BCUT2D eigenvalue weighted by atomic mass is 32.1. The largest absolute Gasteiger partial charge is 0.354 e. The Labute approximate surface area is 127 Å². The summed E-state index contributed by atoms with van der Waals surface area (Å²) in [5.41, 5.74) is 0.761. The molecule has 0 aromatic carbocycles. The van der Waals surface area contributed by atoms with Crippen LogP contribution in [0.5, 0.6) is 0 Å². The Morgan fingerprint density at radius 1 is 1.38 bits per heavy atom. The number of anilines is 2. The highest BCUT2D eigenvalue weighted by Crippen LogP contribution is 2.25. The van der Waals surface area contributed by atoms with E-state index >= 15 is 0 Å². The van der Waals surface area contributed by atoms with Crippen molar-refractivity contribution in [3.8, 4) is 0 Å². The van der Waals surface area contributed by atoms with E-state index in [4.69, 9.17) is 0 Å². The molecule has 7 heteroatoms. The van der Waals surface area contributed by atoms with Crippen LogP contribution in [-0.2, 0) is 6.54 Å². The Balaban J connectivity index is 1.93. The Hall–Kier alpha value is -2.15. The lowest BCUT2D eigenvalue weighted by atomic mass is 10.3. The summed E-state index contributed by atoms with van der Waals surface area (Å²) < 4.78 is 0. The molecule has 0 aliphatic carbocycles. The number of nitrogens with one attached hydrogen (secondary N) is 2. The highest BCUT2D eigenvalue weighted by molar-refractivity contribution is 7.09. The van der Waals surface area contributed by atoms with Crippen LogP contribution in [0, 0.1) is 0 Å². The lowest BCUT2D eigenvalue weighted by Gasteiger charge is -2.18. The van der Waals surface area contributed by atoms with Crippen molar-refractivity contribution in [2.75, 3.05) is 23.8 Å². The molecule has 0 unspecified atom stereocenters. The second-order valence-corrected chi connectivity index (χ2v) is 5.90. The number of thiophene rings is 1. The zero-order valence-electron chi connectivity index (χ0n) is 12.1. The number of rotatable bonds is 6.